The number of nitrogens with one attached hydrogen (secondary N) is 1. The highest BCUT2D eigenvalue weighted by atomic mass is 19.4. The molecule has 2 aromatic carbocycles. The monoisotopic (exact) mass is 387 g/mol. The summed E-state index contributed by atoms with van der Waals surface area (Å²) in [4.78, 5) is 12.2. The van der Waals surface area contributed by atoms with Crippen molar-refractivity contribution in [3.8, 4) is 11.1 Å². The van der Waals surface area contributed by atoms with Crippen molar-refractivity contribution in [2.75, 3.05) is 6.54 Å². The summed E-state index contributed by atoms with van der Waals surface area (Å²) < 4.78 is 40.9. The van der Waals surface area contributed by atoms with Gasteiger partial charge in [0.1, 0.15) is 0 Å². The molecule has 1 aromatic heterocycles. The van der Waals surface area contributed by atoms with Gasteiger partial charge in [-0.3, -0.25) is 9.48 Å². The van der Waals surface area contributed by atoms with Gasteiger partial charge in [0, 0.05) is 17.8 Å². The van der Waals surface area contributed by atoms with Crippen LogP contribution in [0.3, 0.4) is 0 Å². The molecule has 1 N–H and O–H groups in total. The van der Waals surface area contributed by atoms with Crippen molar-refractivity contribution in [2.24, 2.45) is 0 Å². The molecule has 0 saturated heterocycles. The molecule has 0 aliphatic carbocycles. The van der Waals surface area contributed by atoms with Crippen LogP contribution in [-0.4, -0.2) is 22.2 Å². The van der Waals surface area contributed by atoms with Crippen molar-refractivity contribution >= 4 is 5.91 Å². The Morgan fingerprint density at radius 2 is 1.68 bits per heavy atom. The number of aryl methyl sites for hydroxylation is 1. The number of aromatic nitrogens is 2. The molecule has 0 aliphatic rings. The molecule has 0 fully saturated rings. The minimum atomic E-state index is -4.58. The third-order valence-corrected chi connectivity index (χ3v) is 4.53. The molecule has 0 radical (unpaired) electrons. The number of amides is 1. The van der Waals surface area contributed by atoms with Gasteiger partial charge in [0.05, 0.1) is 23.4 Å². The van der Waals surface area contributed by atoms with Crippen molar-refractivity contribution in [3.63, 3.8) is 0 Å². The van der Waals surface area contributed by atoms with E-state index >= 15 is 0 Å². The van der Waals surface area contributed by atoms with E-state index in [0.29, 0.717) is 6.54 Å². The summed E-state index contributed by atoms with van der Waals surface area (Å²) in [6.07, 6.45) is -4.58. The Balaban J connectivity index is 1.71. The Morgan fingerprint density at radius 1 is 1.04 bits per heavy atom. The molecule has 3 rings (SSSR count). The number of alkyl halides is 3. The maximum atomic E-state index is 13.1. The van der Waals surface area contributed by atoms with Crippen molar-refractivity contribution in [3.05, 3.63) is 77.1 Å². The van der Waals surface area contributed by atoms with Gasteiger partial charge in [-0.05, 0) is 31.5 Å². The van der Waals surface area contributed by atoms with Gasteiger partial charge in [0.15, 0.2) is 0 Å². The fraction of sp³-hybridized carbons (Fsp3) is 0.238. The van der Waals surface area contributed by atoms with Crippen molar-refractivity contribution in [1.29, 1.82) is 0 Å². The van der Waals surface area contributed by atoms with Crippen LogP contribution in [0.15, 0.2) is 54.6 Å². The molecule has 3 aromatic rings. The molecule has 1 heterocycles. The minimum Gasteiger partial charge on any atom is -0.350 e. The fourth-order valence-corrected chi connectivity index (χ4v) is 3.24. The molecule has 7 heteroatoms. The highest BCUT2D eigenvalue weighted by Crippen LogP contribution is 2.31. The van der Waals surface area contributed by atoms with Crippen LogP contribution in [-0.2, 0) is 12.7 Å². The van der Waals surface area contributed by atoms with Gasteiger partial charge >= 0.3 is 6.18 Å². The number of halogens is 3. The van der Waals surface area contributed by atoms with Gasteiger partial charge in [0.2, 0.25) is 0 Å². The molecule has 1 amide bonds. The zero-order valence-corrected chi connectivity index (χ0v) is 15.5. The zero-order valence-electron chi connectivity index (χ0n) is 15.5. The topological polar surface area (TPSA) is 46.9 Å². The first-order valence-electron chi connectivity index (χ1n) is 8.83. The molecular weight excluding hydrogens is 367 g/mol. The van der Waals surface area contributed by atoms with Crippen LogP contribution in [0.5, 0.6) is 0 Å². The second kappa shape index (κ2) is 7.88. The maximum Gasteiger partial charge on any atom is 0.417 e. The molecule has 146 valence electrons. The first-order chi connectivity index (χ1) is 13.3. The molecule has 0 spiro atoms. The van der Waals surface area contributed by atoms with Gasteiger partial charge in [-0.1, -0.05) is 42.5 Å². The molecule has 28 heavy (non-hydrogen) atoms. The summed E-state index contributed by atoms with van der Waals surface area (Å²) in [7, 11) is 0. The van der Waals surface area contributed by atoms with Crippen molar-refractivity contribution < 1.29 is 18.0 Å². The van der Waals surface area contributed by atoms with E-state index in [1.807, 2.05) is 44.2 Å². The molecule has 0 saturated carbocycles. The van der Waals surface area contributed by atoms with Crippen LogP contribution in [0.4, 0.5) is 13.2 Å². The standard InChI is InChI=1S/C21H20F3N3O/c1-14-19(16-8-4-3-5-9-16)15(2)27(26-14)13-12-25-20(28)17-10-6-7-11-18(17)21(22,23)24/h3-11H,12-13H2,1-2H3,(H,25,28). The SMILES string of the molecule is Cc1nn(CCNC(=O)c2ccccc2C(F)(F)F)c(C)c1-c1ccccc1. The van der Waals surface area contributed by atoms with E-state index in [0.717, 1.165) is 28.6 Å². The number of hydrogen-bond acceptors (Lipinski definition) is 2. The van der Waals surface area contributed by atoms with E-state index in [2.05, 4.69) is 10.4 Å². The molecule has 0 unspecified atom stereocenters. The lowest BCUT2D eigenvalue weighted by Crippen LogP contribution is -2.29. The number of carbonyl (C=O) groups excluding carboxylic acids is 1. The van der Waals surface area contributed by atoms with Crippen LogP contribution >= 0.6 is 0 Å². The van der Waals surface area contributed by atoms with E-state index in [1.54, 1.807) is 4.68 Å². The minimum absolute atomic E-state index is 0.168. The Bertz CT molecular complexity index is 978. The smallest absolute Gasteiger partial charge is 0.350 e. The Kier molecular flexibility index (Phi) is 5.53. The number of nitrogens with zero attached hydrogens (tertiary/aromatic N) is 2. The summed E-state index contributed by atoms with van der Waals surface area (Å²) >= 11 is 0. The van der Waals surface area contributed by atoms with Gasteiger partial charge in [-0.15, -0.1) is 0 Å². The van der Waals surface area contributed by atoms with Crippen LogP contribution in [0.25, 0.3) is 11.1 Å². The van der Waals surface area contributed by atoms with Crippen LogP contribution in [0.1, 0.15) is 27.3 Å². The quantitative estimate of drug-likeness (QED) is 0.695. The third kappa shape index (κ3) is 4.08. The average molecular weight is 387 g/mol. The average Bonchev–Trinajstić information content (AvgIpc) is 2.95. The first-order valence-corrected chi connectivity index (χ1v) is 8.83. The lowest BCUT2D eigenvalue weighted by molar-refractivity contribution is -0.137. The van der Waals surface area contributed by atoms with Gasteiger partial charge in [-0.25, -0.2) is 0 Å². The fourth-order valence-electron chi connectivity index (χ4n) is 3.24. The second-order valence-corrected chi connectivity index (χ2v) is 6.43. The Labute approximate surface area is 161 Å². The number of carbonyl (C=O) groups is 1. The molecular formula is C21H20F3N3O. The predicted molar refractivity (Wildman–Crippen MR) is 101 cm³/mol. The number of benzene rings is 2. The summed E-state index contributed by atoms with van der Waals surface area (Å²) in [6, 6.07) is 14.6. The van der Waals surface area contributed by atoms with Gasteiger partial charge in [0.25, 0.3) is 5.91 Å². The first kappa shape index (κ1) is 19.7. The lowest BCUT2D eigenvalue weighted by Gasteiger charge is -2.13. The highest BCUT2D eigenvalue weighted by Gasteiger charge is 2.34. The van der Waals surface area contributed by atoms with Crippen LogP contribution < -0.4 is 5.32 Å². The van der Waals surface area contributed by atoms with E-state index in [-0.39, 0.29) is 12.1 Å². The van der Waals surface area contributed by atoms with E-state index in [1.165, 1.54) is 18.2 Å². The van der Waals surface area contributed by atoms with E-state index in [4.69, 9.17) is 0 Å². The zero-order chi connectivity index (χ0) is 20.3. The summed E-state index contributed by atoms with van der Waals surface area (Å²) in [5.74, 6) is -0.752. The number of rotatable bonds is 5. The van der Waals surface area contributed by atoms with E-state index in [9.17, 15) is 18.0 Å². The van der Waals surface area contributed by atoms with Gasteiger partial charge in [-0.2, -0.15) is 18.3 Å². The lowest BCUT2D eigenvalue weighted by atomic mass is 10.0. The van der Waals surface area contributed by atoms with Gasteiger partial charge < -0.3 is 5.32 Å². The van der Waals surface area contributed by atoms with Crippen LogP contribution in [0, 0.1) is 13.8 Å². The van der Waals surface area contributed by atoms with Crippen LogP contribution in [0.2, 0.25) is 0 Å². The largest absolute Gasteiger partial charge is 0.417 e. The Morgan fingerprint density at radius 3 is 2.36 bits per heavy atom. The number of hydrogen-bond donors (Lipinski definition) is 1. The molecule has 0 atom stereocenters. The second-order valence-electron chi connectivity index (χ2n) is 6.43. The van der Waals surface area contributed by atoms with Crippen molar-refractivity contribution in [2.45, 2.75) is 26.6 Å². The van der Waals surface area contributed by atoms with Crippen molar-refractivity contribution in [1.82, 2.24) is 15.1 Å². The maximum absolute atomic E-state index is 13.1. The summed E-state index contributed by atoms with van der Waals surface area (Å²) in [5, 5.41) is 7.05. The summed E-state index contributed by atoms with van der Waals surface area (Å²) in [5.41, 5.74) is 2.55. The normalized spacial score (nSPS) is 11.5. The predicted octanol–water partition coefficient (Wildman–Crippen LogP) is 4.62. The molecule has 0 aliphatic heterocycles. The molecule has 0 bridgehead atoms. The Hall–Kier alpha value is -3.09. The third-order valence-electron chi connectivity index (χ3n) is 4.53. The molecule has 4 nitrogen and oxygen atoms in total. The van der Waals surface area contributed by atoms with E-state index < -0.39 is 17.6 Å². The summed E-state index contributed by atoms with van der Waals surface area (Å²) in [6.45, 7) is 4.37. The highest BCUT2D eigenvalue weighted by molar-refractivity contribution is 5.95.